The lowest BCUT2D eigenvalue weighted by atomic mass is 9.99. The van der Waals surface area contributed by atoms with Crippen LogP contribution in [0.2, 0.25) is 5.04 Å². The standard InChI is InChI=1S/C27H34N2O6Si/c1-19-16-29(24(34)28-23(19)33)27(15-22(32)26(17-30,18-31)35-27)36(25(2,3)4,20-11-7-5-8-12-20)21-13-9-6-10-14-21/h5-14,16,22,30-32H,15,17-18H2,1-4H3,(H,28,33,34)/t22-,27-/m0/s1. The summed E-state index contributed by atoms with van der Waals surface area (Å²) in [6.07, 6.45) is 0.110. The molecule has 1 aromatic heterocycles. The van der Waals surface area contributed by atoms with Crippen molar-refractivity contribution < 1.29 is 20.1 Å². The molecule has 8 nitrogen and oxygen atoms in total. The quantitative estimate of drug-likeness (QED) is 0.360. The van der Waals surface area contributed by atoms with Gasteiger partial charge in [0, 0.05) is 18.2 Å². The molecule has 0 amide bonds. The van der Waals surface area contributed by atoms with E-state index in [9.17, 15) is 24.9 Å². The van der Waals surface area contributed by atoms with Crippen LogP contribution in [0.1, 0.15) is 32.8 Å². The number of aliphatic hydroxyl groups excluding tert-OH is 3. The fraction of sp³-hybridized carbons (Fsp3) is 0.407. The van der Waals surface area contributed by atoms with Crippen LogP contribution < -0.4 is 21.6 Å². The van der Waals surface area contributed by atoms with Crippen molar-refractivity contribution in [2.45, 2.75) is 56.2 Å². The van der Waals surface area contributed by atoms with Gasteiger partial charge in [0.25, 0.3) is 5.56 Å². The number of aryl methyl sites for hydroxylation is 1. The first kappa shape index (κ1) is 26.2. The third kappa shape index (κ3) is 3.65. The fourth-order valence-electron chi connectivity index (χ4n) is 6.06. The highest BCUT2D eigenvalue weighted by Gasteiger charge is 2.71. The van der Waals surface area contributed by atoms with Crippen molar-refractivity contribution >= 4 is 18.4 Å². The molecule has 3 aromatic rings. The predicted molar refractivity (Wildman–Crippen MR) is 140 cm³/mol. The number of H-pyrrole nitrogens is 1. The van der Waals surface area contributed by atoms with Crippen LogP contribution in [0.3, 0.4) is 0 Å². The van der Waals surface area contributed by atoms with Gasteiger partial charge in [0.15, 0.2) is 8.07 Å². The second-order valence-corrected chi connectivity index (χ2v) is 15.6. The second kappa shape index (κ2) is 9.24. The number of benzene rings is 2. The zero-order valence-electron chi connectivity index (χ0n) is 21.1. The minimum Gasteiger partial charge on any atom is -0.393 e. The van der Waals surface area contributed by atoms with Crippen LogP contribution in [0, 0.1) is 6.92 Å². The summed E-state index contributed by atoms with van der Waals surface area (Å²) in [4.78, 5) is 28.3. The van der Waals surface area contributed by atoms with Crippen molar-refractivity contribution in [3.63, 3.8) is 0 Å². The van der Waals surface area contributed by atoms with Crippen molar-refractivity contribution in [3.05, 3.63) is 93.3 Å². The Morgan fingerprint density at radius 1 is 1.00 bits per heavy atom. The lowest BCUT2D eigenvalue weighted by Gasteiger charge is -2.55. The molecule has 1 aliphatic heterocycles. The van der Waals surface area contributed by atoms with Gasteiger partial charge in [0.05, 0.1) is 19.3 Å². The lowest BCUT2D eigenvalue weighted by Crippen LogP contribution is -2.79. The molecule has 36 heavy (non-hydrogen) atoms. The van der Waals surface area contributed by atoms with Crippen molar-refractivity contribution in [1.29, 1.82) is 0 Å². The van der Waals surface area contributed by atoms with Crippen LogP contribution in [-0.4, -0.2) is 57.9 Å². The topological polar surface area (TPSA) is 125 Å². The molecular weight excluding hydrogens is 476 g/mol. The number of rotatable bonds is 6. The minimum absolute atomic E-state index is 0.0766. The first-order valence-corrected chi connectivity index (χ1v) is 14.0. The number of hydrogen-bond acceptors (Lipinski definition) is 6. The van der Waals surface area contributed by atoms with Crippen LogP contribution in [0.4, 0.5) is 0 Å². The second-order valence-electron chi connectivity index (χ2n) is 10.7. The monoisotopic (exact) mass is 510 g/mol. The Morgan fingerprint density at radius 3 is 1.92 bits per heavy atom. The lowest BCUT2D eigenvalue weighted by molar-refractivity contribution is -0.168. The Bertz CT molecular complexity index is 1290. The normalized spacial score (nSPS) is 22.0. The van der Waals surface area contributed by atoms with Crippen LogP contribution in [0.5, 0.6) is 0 Å². The molecular formula is C27H34N2O6Si. The Balaban J connectivity index is 2.27. The summed E-state index contributed by atoms with van der Waals surface area (Å²) in [5.41, 5.74) is -2.60. The van der Waals surface area contributed by atoms with Gasteiger partial charge in [-0.05, 0) is 22.3 Å². The third-order valence-corrected chi connectivity index (χ3v) is 14.0. The summed E-state index contributed by atoms with van der Waals surface area (Å²) in [6.45, 7) is 6.54. The number of nitrogens with zero attached hydrogens (tertiary/aromatic N) is 1. The summed E-state index contributed by atoms with van der Waals surface area (Å²) in [7, 11) is -3.41. The number of ether oxygens (including phenoxy) is 1. The zero-order valence-corrected chi connectivity index (χ0v) is 22.1. The van der Waals surface area contributed by atoms with E-state index in [-0.39, 0.29) is 6.42 Å². The van der Waals surface area contributed by atoms with E-state index in [1.54, 1.807) is 6.92 Å². The molecule has 4 N–H and O–H groups in total. The molecule has 0 spiro atoms. The summed E-state index contributed by atoms with van der Waals surface area (Å²) >= 11 is 0. The van der Waals surface area contributed by atoms with Gasteiger partial charge in [-0.1, -0.05) is 81.4 Å². The summed E-state index contributed by atoms with van der Waals surface area (Å²) in [5, 5.41) is 31.9. The zero-order chi connectivity index (χ0) is 26.4. The van der Waals surface area contributed by atoms with Crippen LogP contribution >= 0.6 is 0 Å². The highest BCUT2D eigenvalue weighted by Crippen LogP contribution is 2.53. The maximum Gasteiger partial charge on any atom is 0.330 e. The largest absolute Gasteiger partial charge is 0.393 e. The molecule has 0 unspecified atom stereocenters. The molecule has 192 valence electrons. The Labute approximate surface area is 210 Å². The smallest absolute Gasteiger partial charge is 0.330 e. The van der Waals surface area contributed by atoms with Gasteiger partial charge >= 0.3 is 5.69 Å². The number of aliphatic hydroxyl groups is 3. The van der Waals surface area contributed by atoms with E-state index in [0.29, 0.717) is 5.56 Å². The van der Waals surface area contributed by atoms with Crippen LogP contribution in [0.15, 0.2) is 76.4 Å². The average molecular weight is 511 g/mol. The highest BCUT2D eigenvalue weighted by molar-refractivity contribution is 7.05. The van der Waals surface area contributed by atoms with E-state index in [1.807, 2.05) is 60.7 Å². The molecule has 0 saturated carbocycles. The maximum absolute atomic E-state index is 13.6. The van der Waals surface area contributed by atoms with Crippen LogP contribution in [0.25, 0.3) is 0 Å². The molecule has 0 radical (unpaired) electrons. The van der Waals surface area contributed by atoms with E-state index in [2.05, 4.69) is 25.8 Å². The van der Waals surface area contributed by atoms with E-state index in [4.69, 9.17) is 4.74 Å². The molecule has 0 aliphatic carbocycles. The third-order valence-electron chi connectivity index (χ3n) is 7.62. The molecule has 9 heteroatoms. The summed E-state index contributed by atoms with van der Waals surface area (Å²) in [6, 6.07) is 19.5. The minimum atomic E-state index is -3.41. The molecule has 4 rings (SSSR count). The van der Waals surface area contributed by atoms with Crippen LogP contribution in [-0.2, 0) is 10.1 Å². The Hall–Kier alpha value is -2.82. The van der Waals surface area contributed by atoms with Gasteiger partial charge < -0.3 is 20.1 Å². The van der Waals surface area contributed by atoms with Gasteiger partial charge in [0.1, 0.15) is 10.9 Å². The van der Waals surface area contributed by atoms with Crippen molar-refractivity contribution in [2.24, 2.45) is 0 Å². The van der Waals surface area contributed by atoms with E-state index in [1.165, 1.54) is 10.8 Å². The van der Waals surface area contributed by atoms with E-state index < -0.39 is 54.6 Å². The predicted octanol–water partition coefficient (Wildman–Crippen LogP) is 0.605. The SMILES string of the molecule is Cc1cn([C@@]2([Si](c3ccccc3)(c3ccccc3)C(C)(C)C)C[C@H](O)C(CO)(CO)O2)c(=O)[nH]c1=O. The first-order valence-electron chi connectivity index (χ1n) is 12.0. The molecule has 0 bridgehead atoms. The Kier molecular flexibility index (Phi) is 6.74. The molecule has 1 aliphatic rings. The van der Waals surface area contributed by atoms with E-state index in [0.717, 1.165) is 10.4 Å². The first-order chi connectivity index (χ1) is 17.0. The van der Waals surface area contributed by atoms with Gasteiger partial charge in [-0.15, -0.1) is 0 Å². The number of aromatic nitrogens is 2. The van der Waals surface area contributed by atoms with Gasteiger partial charge in [0.2, 0.25) is 0 Å². The van der Waals surface area contributed by atoms with Crippen molar-refractivity contribution in [3.8, 4) is 0 Å². The van der Waals surface area contributed by atoms with Gasteiger partial charge in [-0.3, -0.25) is 14.3 Å². The average Bonchev–Trinajstić information content (AvgIpc) is 3.15. The van der Waals surface area contributed by atoms with Crippen molar-refractivity contribution in [1.82, 2.24) is 9.55 Å². The molecule has 2 heterocycles. The maximum atomic E-state index is 13.6. The van der Waals surface area contributed by atoms with Gasteiger partial charge in [-0.2, -0.15) is 0 Å². The fourth-order valence-corrected chi connectivity index (χ4v) is 13.0. The van der Waals surface area contributed by atoms with Gasteiger partial charge in [-0.25, -0.2) is 4.79 Å². The molecule has 1 fully saturated rings. The number of aromatic amines is 1. The molecule has 2 atom stereocenters. The molecule has 1 saturated heterocycles. The summed E-state index contributed by atoms with van der Waals surface area (Å²) < 4.78 is 8.15. The number of nitrogens with one attached hydrogen (secondary N) is 1. The molecule has 2 aromatic carbocycles. The summed E-state index contributed by atoms with van der Waals surface area (Å²) in [5.74, 6) is 0. The Morgan fingerprint density at radius 2 is 1.50 bits per heavy atom. The highest BCUT2D eigenvalue weighted by atomic mass is 28.3. The number of hydrogen-bond donors (Lipinski definition) is 4. The van der Waals surface area contributed by atoms with Crippen molar-refractivity contribution in [2.75, 3.05) is 13.2 Å². The van der Waals surface area contributed by atoms with E-state index >= 15 is 0 Å².